The summed E-state index contributed by atoms with van der Waals surface area (Å²) in [4.78, 5) is 17.7. The minimum absolute atomic E-state index is 0.143. The van der Waals surface area contributed by atoms with E-state index >= 15 is 0 Å². The van der Waals surface area contributed by atoms with Crippen LogP contribution >= 0.6 is 38.6 Å². The molecule has 2 heterocycles. The molecule has 0 bridgehead atoms. The zero-order valence-electron chi connectivity index (χ0n) is 10.6. The van der Waals surface area contributed by atoms with E-state index in [1.165, 1.54) is 21.7 Å². The first-order chi connectivity index (χ1) is 9.13. The number of hydrogen-bond acceptors (Lipinski definition) is 3. The van der Waals surface area contributed by atoms with Gasteiger partial charge in [-0.2, -0.15) is 0 Å². The summed E-state index contributed by atoms with van der Waals surface area (Å²) in [5.41, 5.74) is 1.39. The molecule has 0 fully saturated rings. The Labute approximate surface area is 129 Å². The van der Waals surface area contributed by atoms with Crippen LogP contribution in [0.4, 0.5) is 0 Å². The van der Waals surface area contributed by atoms with E-state index in [2.05, 4.69) is 28.1 Å². The van der Waals surface area contributed by atoms with E-state index in [9.17, 15) is 4.79 Å². The van der Waals surface area contributed by atoms with Crippen LogP contribution in [-0.2, 0) is 19.4 Å². The first-order valence-electron chi connectivity index (χ1n) is 6.23. The molecule has 1 aliphatic carbocycles. The van der Waals surface area contributed by atoms with E-state index in [-0.39, 0.29) is 5.91 Å². The van der Waals surface area contributed by atoms with Gasteiger partial charge in [0.1, 0.15) is 0 Å². The van der Waals surface area contributed by atoms with Gasteiger partial charge < -0.3 is 4.90 Å². The van der Waals surface area contributed by atoms with Crippen molar-refractivity contribution in [3.63, 3.8) is 0 Å². The molecule has 1 amide bonds. The third-order valence-electron chi connectivity index (χ3n) is 3.32. The summed E-state index contributed by atoms with van der Waals surface area (Å²) in [5.74, 6) is 0.143. The van der Waals surface area contributed by atoms with E-state index in [1.807, 2.05) is 12.4 Å². The number of carbonyl (C=O) groups excluding carboxylic acids is 1. The second-order valence-corrected chi connectivity index (χ2v) is 7.85. The fourth-order valence-electron chi connectivity index (χ4n) is 2.36. The molecule has 5 heteroatoms. The fraction of sp³-hybridized carbons (Fsp3) is 0.357. The van der Waals surface area contributed by atoms with Crippen molar-refractivity contribution >= 4 is 44.5 Å². The van der Waals surface area contributed by atoms with E-state index in [0.717, 1.165) is 22.2 Å². The Morgan fingerprint density at radius 3 is 2.95 bits per heavy atom. The highest BCUT2D eigenvalue weighted by atomic mass is 79.9. The molecular formula is C14H14BrNOS2. The maximum absolute atomic E-state index is 12.4. The Bertz CT molecular complexity index is 595. The van der Waals surface area contributed by atoms with Gasteiger partial charge in [0, 0.05) is 26.7 Å². The van der Waals surface area contributed by atoms with Crippen molar-refractivity contribution in [1.29, 1.82) is 0 Å². The molecule has 2 aromatic heterocycles. The number of nitrogens with zero attached hydrogens (tertiary/aromatic N) is 1. The molecule has 0 saturated carbocycles. The van der Waals surface area contributed by atoms with Crippen molar-refractivity contribution in [3.8, 4) is 0 Å². The molecule has 0 spiro atoms. The molecule has 0 aliphatic heterocycles. The molecule has 2 aromatic rings. The average Bonchev–Trinajstić information content (AvgIpc) is 3.03. The molecule has 0 aromatic carbocycles. The number of rotatable bonds is 3. The van der Waals surface area contributed by atoms with E-state index in [1.54, 1.807) is 27.6 Å². The zero-order chi connectivity index (χ0) is 13.4. The van der Waals surface area contributed by atoms with Crippen LogP contribution in [0.3, 0.4) is 0 Å². The second kappa shape index (κ2) is 5.38. The summed E-state index contributed by atoms with van der Waals surface area (Å²) in [6.45, 7) is 0.678. The van der Waals surface area contributed by atoms with E-state index < -0.39 is 0 Å². The largest absolute Gasteiger partial charge is 0.336 e. The maximum Gasteiger partial charge on any atom is 0.264 e. The fourth-order valence-corrected chi connectivity index (χ4v) is 5.12. The molecule has 0 radical (unpaired) electrons. The number of amides is 1. The number of carbonyl (C=O) groups is 1. The highest BCUT2D eigenvalue weighted by molar-refractivity contribution is 9.10. The Balaban J connectivity index is 1.72. The Morgan fingerprint density at radius 1 is 1.42 bits per heavy atom. The van der Waals surface area contributed by atoms with Gasteiger partial charge in [0.05, 0.1) is 11.4 Å². The van der Waals surface area contributed by atoms with Gasteiger partial charge in [-0.15, -0.1) is 22.7 Å². The van der Waals surface area contributed by atoms with Gasteiger partial charge in [0.25, 0.3) is 5.91 Å². The van der Waals surface area contributed by atoms with Gasteiger partial charge in [-0.25, -0.2) is 0 Å². The third kappa shape index (κ3) is 2.78. The summed E-state index contributed by atoms with van der Waals surface area (Å²) in [7, 11) is 1.88. The predicted octanol–water partition coefficient (Wildman–Crippen LogP) is 4.33. The van der Waals surface area contributed by atoms with Crippen LogP contribution in [0.1, 0.15) is 31.4 Å². The summed E-state index contributed by atoms with van der Waals surface area (Å²) < 4.78 is 1.09. The quantitative estimate of drug-likeness (QED) is 0.802. The molecule has 3 rings (SSSR count). The minimum atomic E-state index is 0.143. The normalized spacial score (nSPS) is 13.6. The lowest BCUT2D eigenvalue weighted by Crippen LogP contribution is -2.24. The highest BCUT2D eigenvalue weighted by Gasteiger charge is 2.20. The Hall–Kier alpha value is -0.650. The smallest absolute Gasteiger partial charge is 0.264 e. The summed E-state index contributed by atoms with van der Waals surface area (Å²) >= 11 is 6.80. The minimum Gasteiger partial charge on any atom is -0.336 e. The lowest BCUT2D eigenvalue weighted by atomic mass is 10.2. The first kappa shape index (κ1) is 13.3. The molecule has 1 aliphatic rings. The number of halogens is 1. The first-order valence-corrected chi connectivity index (χ1v) is 8.72. The van der Waals surface area contributed by atoms with Crippen molar-refractivity contribution in [2.24, 2.45) is 0 Å². The second-order valence-electron chi connectivity index (χ2n) is 4.81. The van der Waals surface area contributed by atoms with Gasteiger partial charge in [-0.3, -0.25) is 4.79 Å². The zero-order valence-corrected chi connectivity index (χ0v) is 13.8. The van der Waals surface area contributed by atoms with Crippen LogP contribution in [0.5, 0.6) is 0 Å². The molecule has 19 heavy (non-hydrogen) atoms. The van der Waals surface area contributed by atoms with Crippen molar-refractivity contribution in [3.05, 3.63) is 42.2 Å². The lowest BCUT2D eigenvalue weighted by Gasteiger charge is -2.15. The topological polar surface area (TPSA) is 20.3 Å². The van der Waals surface area contributed by atoms with Crippen molar-refractivity contribution in [1.82, 2.24) is 4.90 Å². The number of fused-ring (bicyclic) bond motifs is 1. The van der Waals surface area contributed by atoms with E-state index in [0.29, 0.717) is 6.54 Å². The van der Waals surface area contributed by atoms with Gasteiger partial charge >= 0.3 is 0 Å². The van der Waals surface area contributed by atoms with Crippen LogP contribution < -0.4 is 0 Å². The van der Waals surface area contributed by atoms with Gasteiger partial charge in [-0.1, -0.05) is 0 Å². The summed E-state index contributed by atoms with van der Waals surface area (Å²) in [5, 5.41) is 2.05. The molecule has 0 unspecified atom stereocenters. The monoisotopic (exact) mass is 355 g/mol. The van der Waals surface area contributed by atoms with Crippen LogP contribution in [0.25, 0.3) is 0 Å². The van der Waals surface area contributed by atoms with Crippen molar-refractivity contribution in [2.45, 2.75) is 25.8 Å². The Kier molecular flexibility index (Phi) is 3.78. The molecule has 0 N–H and O–H groups in total. The summed E-state index contributed by atoms with van der Waals surface area (Å²) in [6, 6.07) is 4.17. The predicted molar refractivity (Wildman–Crippen MR) is 84.2 cm³/mol. The summed E-state index contributed by atoms with van der Waals surface area (Å²) in [6.07, 6.45) is 3.53. The van der Waals surface area contributed by atoms with E-state index in [4.69, 9.17) is 0 Å². The van der Waals surface area contributed by atoms with Crippen LogP contribution in [0.2, 0.25) is 0 Å². The SMILES string of the molecule is CN(Cc1cc(Br)cs1)C(=O)c1cc2c(s1)CCC2. The van der Waals surface area contributed by atoms with Crippen molar-refractivity contribution in [2.75, 3.05) is 7.05 Å². The molecular weight excluding hydrogens is 342 g/mol. The van der Waals surface area contributed by atoms with Crippen LogP contribution in [0.15, 0.2) is 22.0 Å². The maximum atomic E-state index is 12.4. The van der Waals surface area contributed by atoms with Crippen LogP contribution in [-0.4, -0.2) is 17.9 Å². The van der Waals surface area contributed by atoms with Gasteiger partial charge in [0.2, 0.25) is 0 Å². The third-order valence-corrected chi connectivity index (χ3v) is 6.23. The highest BCUT2D eigenvalue weighted by Crippen LogP contribution is 2.31. The number of hydrogen-bond donors (Lipinski definition) is 0. The number of aryl methyl sites for hydroxylation is 2. The van der Waals surface area contributed by atoms with Crippen molar-refractivity contribution < 1.29 is 4.79 Å². The molecule has 100 valence electrons. The molecule has 0 saturated heterocycles. The average molecular weight is 356 g/mol. The Morgan fingerprint density at radius 2 is 2.26 bits per heavy atom. The van der Waals surface area contributed by atoms with Crippen LogP contribution in [0, 0.1) is 0 Å². The molecule has 2 nitrogen and oxygen atoms in total. The molecule has 0 atom stereocenters. The lowest BCUT2D eigenvalue weighted by molar-refractivity contribution is 0.0791. The number of thiophene rings is 2. The van der Waals surface area contributed by atoms with Gasteiger partial charge in [0.15, 0.2) is 0 Å². The standard InChI is InChI=1S/C14H14BrNOS2/c1-16(7-11-6-10(15)8-18-11)14(17)13-5-9-3-2-4-12(9)19-13/h5-6,8H,2-4,7H2,1H3. The van der Waals surface area contributed by atoms with Gasteiger partial charge in [-0.05, 0) is 52.9 Å².